The summed E-state index contributed by atoms with van der Waals surface area (Å²) in [5.41, 5.74) is -0.0460. The summed E-state index contributed by atoms with van der Waals surface area (Å²) in [5, 5.41) is 5.30. The highest BCUT2D eigenvalue weighted by atomic mass is 19.4. The van der Waals surface area contributed by atoms with E-state index in [1.54, 1.807) is 38.4 Å². The zero-order chi connectivity index (χ0) is 25.3. The molecule has 184 valence electrons. The van der Waals surface area contributed by atoms with Crippen LogP contribution in [0.3, 0.4) is 0 Å². The van der Waals surface area contributed by atoms with Crippen LogP contribution in [0.25, 0.3) is 0 Å². The molecule has 0 fully saturated rings. The number of nitrogens with zero attached hydrogens (tertiary/aromatic N) is 3. The van der Waals surface area contributed by atoms with Crippen LogP contribution in [0.15, 0.2) is 60.1 Å². The molecular weight excluding hydrogens is 463 g/mol. The van der Waals surface area contributed by atoms with E-state index in [4.69, 9.17) is 0 Å². The van der Waals surface area contributed by atoms with E-state index in [0.717, 1.165) is 11.6 Å². The van der Waals surface area contributed by atoms with Gasteiger partial charge in [-0.25, -0.2) is 4.79 Å². The van der Waals surface area contributed by atoms with Crippen LogP contribution in [0, 0.1) is 0 Å². The van der Waals surface area contributed by atoms with Crippen molar-refractivity contribution >= 4 is 17.8 Å². The largest absolute Gasteiger partial charge is 0.416 e. The number of aromatic nitrogens is 1. The monoisotopic (exact) mass is 487 g/mol. The summed E-state index contributed by atoms with van der Waals surface area (Å²) in [6.45, 7) is 3.59. The minimum atomic E-state index is -4.68. The predicted molar refractivity (Wildman–Crippen MR) is 119 cm³/mol. The van der Waals surface area contributed by atoms with Crippen molar-refractivity contribution in [2.24, 2.45) is 0 Å². The Hall–Kier alpha value is -3.89. The fourth-order valence-corrected chi connectivity index (χ4v) is 4.38. The number of rotatable bonds is 6. The molecule has 0 spiro atoms. The van der Waals surface area contributed by atoms with Crippen molar-refractivity contribution in [3.8, 4) is 0 Å². The molecule has 0 saturated carbocycles. The third-order valence-corrected chi connectivity index (χ3v) is 6.18. The van der Waals surface area contributed by atoms with Gasteiger partial charge in [0.15, 0.2) is 0 Å². The van der Waals surface area contributed by atoms with E-state index < -0.39 is 41.7 Å². The zero-order valence-corrected chi connectivity index (χ0v) is 19.1. The summed E-state index contributed by atoms with van der Waals surface area (Å²) in [6.07, 6.45) is -1.47. The van der Waals surface area contributed by atoms with Crippen LogP contribution < -0.4 is 10.6 Å². The van der Waals surface area contributed by atoms with E-state index in [0.29, 0.717) is 5.70 Å². The van der Waals surface area contributed by atoms with E-state index in [1.807, 2.05) is 0 Å². The molecule has 4 amide bonds. The molecule has 0 radical (unpaired) electrons. The Morgan fingerprint density at radius 3 is 2.63 bits per heavy atom. The van der Waals surface area contributed by atoms with Gasteiger partial charge in [0.05, 0.1) is 29.4 Å². The molecule has 0 unspecified atom stereocenters. The Labute approximate surface area is 199 Å². The average molecular weight is 487 g/mol. The molecule has 0 aliphatic carbocycles. The van der Waals surface area contributed by atoms with Crippen molar-refractivity contribution in [1.82, 2.24) is 25.4 Å². The molecule has 1 aromatic heterocycles. The number of pyridine rings is 1. The lowest BCUT2D eigenvalue weighted by Crippen LogP contribution is -2.47. The second kappa shape index (κ2) is 9.40. The molecule has 35 heavy (non-hydrogen) atoms. The van der Waals surface area contributed by atoms with Crippen LogP contribution in [0.5, 0.6) is 0 Å². The maximum absolute atomic E-state index is 13.7. The number of carbonyl (C=O) groups excluding carboxylic acids is 3. The molecule has 2 aromatic rings. The first-order valence-electron chi connectivity index (χ1n) is 11.1. The van der Waals surface area contributed by atoms with Crippen LogP contribution in [-0.4, -0.2) is 51.8 Å². The highest BCUT2D eigenvalue weighted by Gasteiger charge is 2.47. The molecule has 3 heterocycles. The van der Waals surface area contributed by atoms with Crippen molar-refractivity contribution in [3.63, 3.8) is 0 Å². The Bertz CT molecular complexity index is 1180. The van der Waals surface area contributed by atoms with Crippen molar-refractivity contribution < 1.29 is 27.6 Å². The third kappa shape index (κ3) is 4.58. The van der Waals surface area contributed by atoms with Gasteiger partial charge in [0.1, 0.15) is 6.04 Å². The molecule has 4 rings (SSSR count). The molecule has 0 saturated heterocycles. The van der Waals surface area contributed by atoms with Crippen LogP contribution in [0.2, 0.25) is 0 Å². The average Bonchev–Trinajstić information content (AvgIpc) is 3.18. The second-order valence-electron chi connectivity index (χ2n) is 8.26. The molecule has 11 heteroatoms. The Kier molecular flexibility index (Phi) is 6.51. The number of hydrogen-bond donors (Lipinski definition) is 2. The number of urea groups is 1. The number of halogens is 3. The fraction of sp³-hybridized carbons (Fsp3) is 0.333. The van der Waals surface area contributed by atoms with E-state index in [-0.39, 0.29) is 30.8 Å². The van der Waals surface area contributed by atoms with Crippen LogP contribution >= 0.6 is 0 Å². The summed E-state index contributed by atoms with van der Waals surface area (Å²) in [5.74, 6) is -1.03. The van der Waals surface area contributed by atoms with Crippen molar-refractivity contribution in [2.45, 2.75) is 38.7 Å². The number of nitrogens with one attached hydrogen (secondary N) is 2. The Morgan fingerprint density at radius 2 is 1.97 bits per heavy atom. The quantitative estimate of drug-likeness (QED) is 0.655. The molecule has 8 nitrogen and oxygen atoms in total. The van der Waals surface area contributed by atoms with Gasteiger partial charge in [-0.3, -0.25) is 19.5 Å². The van der Waals surface area contributed by atoms with E-state index in [9.17, 15) is 27.6 Å². The zero-order valence-electron chi connectivity index (χ0n) is 19.1. The molecule has 2 aliphatic rings. The number of hydrogen-bond acceptors (Lipinski definition) is 4. The fourth-order valence-electron chi connectivity index (χ4n) is 4.38. The summed E-state index contributed by atoms with van der Waals surface area (Å²) in [6, 6.07) is 5.55. The van der Waals surface area contributed by atoms with Gasteiger partial charge in [-0.15, -0.1) is 0 Å². The van der Waals surface area contributed by atoms with Gasteiger partial charge in [-0.2, -0.15) is 13.2 Å². The summed E-state index contributed by atoms with van der Waals surface area (Å²) in [4.78, 5) is 45.7. The molecule has 2 N–H and O–H groups in total. The lowest BCUT2D eigenvalue weighted by atomic mass is 9.91. The van der Waals surface area contributed by atoms with E-state index in [2.05, 4.69) is 15.6 Å². The summed E-state index contributed by atoms with van der Waals surface area (Å²) in [7, 11) is 0. The van der Waals surface area contributed by atoms with E-state index >= 15 is 0 Å². The summed E-state index contributed by atoms with van der Waals surface area (Å²) >= 11 is 0. The SMILES string of the molecule is CCN1C(=O)N[C@H](c2ccccc2C(F)(F)F)C2=C1CN([C@H](C)C(=O)NCc1cccnc1)C2=O. The number of carbonyl (C=O) groups is 3. The maximum atomic E-state index is 13.7. The van der Waals surface area contributed by atoms with Gasteiger partial charge < -0.3 is 15.5 Å². The smallest absolute Gasteiger partial charge is 0.350 e. The Morgan fingerprint density at radius 1 is 1.23 bits per heavy atom. The summed E-state index contributed by atoms with van der Waals surface area (Å²) < 4.78 is 41.2. The normalized spacial score (nSPS) is 18.9. The van der Waals surface area contributed by atoms with Gasteiger partial charge in [0.25, 0.3) is 5.91 Å². The van der Waals surface area contributed by atoms with Crippen LogP contribution in [0.1, 0.15) is 36.6 Å². The molecule has 0 bridgehead atoms. The highest BCUT2D eigenvalue weighted by Crippen LogP contribution is 2.41. The predicted octanol–water partition coefficient (Wildman–Crippen LogP) is 2.99. The number of benzene rings is 1. The molecule has 2 aliphatic heterocycles. The molecular formula is C24H24F3N5O3. The first-order chi connectivity index (χ1) is 16.6. The number of likely N-dealkylation sites (N-methyl/N-ethyl adjacent to an activating group) is 1. The standard InChI is InChI=1S/C24H24F3N5O3/c1-3-31-18-13-32(14(2)21(33)29-12-15-7-6-10-28-11-15)22(34)19(18)20(30-23(31)35)16-8-4-5-9-17(16)24(25,26)27/h4-11,14,20H,3,12-13H2,1-2H3,(H,29,33)(H,30,35)/t14-,20-/m1/s1. The van der Waals surface area contributed by atoms with Gasteiger partial charge in [-0.1, -0.05) is 24.3 Å². The number of alkyl halides is 3. The molecule has 1 aromatic carbocycles. The lowest BCUT2D eigenvalue weighted by molar-refractivity contribution is -0.138. The van der Waals surface area contributed by atoms with Crippen molar-refractivity contribution in [2.75, 3.05) is 13.1 Å². The number of amides is 4. The first kappa shape index (κ1) is 24.2. The molecule has 2 atom stereocenters. The lowest BCUT2D eigenvalue weighted by Gasteiger charge is -2.33. The third-order valence-electron chi connectivity index (χ3n) is 6.18. The van der Waals surface area contributed by atoms with Gasteiger partial charge >= 0.3 is 12.2 Å². The first-order valence-corrected chi connectivity index (χ1v) is 11.1. The minimum Gasteiger partial charge on any atom is -0.350 e. The minimum absolute atomic E-state index is 0.0371. The van der Waals surface area contributed by atoms with Crippen LogP contribution in [-0.2, 0) is 22.3 Å². The topological polar surface area (TPSA) is 94.6 Å². The van der Waals surface area contributed by atoms with Gasteiger partial charge in [0, 0.05) is 25.5 Å². The Balaban J connectivity index is 1.63. The van der Waals surface area contributed by atoms with Gasteiger partial charge in [0.2, 0.25) is 5.91 Å². The van der Waals surface area contributed by atoms with Crippen molar-refractivity contribution in [1.29, 1.82) is 0 Å². The second-order valence-corrected chi connectivity index (χ2v) is 8.26. The van der Waals surface area contributed by atoms with Gasteiger partial charge in [-0.05, 0) is 37.1 Å². The van der Waals surface area contributed by atoms with E-state index in [1.165, 1.54) is 28.0 Å². The maximum Gasteiger partial charge on any atom is 0.416 e. The van der Waals surface area contributed by atoms with Crippen LogP contribution in [0.4, 0.5) is 18.0 Å². The highest BCUT2D eigenvalue weighted by molar-refractivity contribution is 6.03. The van der Waals surface area contributed by atoms with Crippen molar-refractivity contribution in [3.05, 3.63) is 76.8 Å².